The first kappa shape index (κ1) is 52.7. The fraction of sp³-hybridized carbons (Fsp3) is 0.429. The minimum Gasteiger partial charge on any atom is -0.376 e. The fourth-order valence-electron chi connectivity index (χ4n) is 7.37. The molecule has 2 saturated heterocycles. The highest BCUT2D eigenvalue weighted by atomic mass is 32.2. The maximum absolute atomic E-state index is 13.1. The lowest BCUT2D eigenvalue weighted by Gasteiger charge is -2.40. The van der Waals surface area contributed by atoms with E-state index in [9.17, 15) is 70.2 Å². The number of sulfonamides is 2. The summed E-state index contributed by atoms with van der Waals surface area (Å²) < 4.78 is 180. The third-order valence-electron chi connectivity index (χ3n) is 11.5. The summed E-state index contributed by atoms with van der Waals surface area (Å²) in [6.45, 7) is 6.33. The van der Waals surface area contributed by atoms with Crippen molar-refractivity contribution in [3.63, 3.8) is 0 Å². The molecule has 2 heterocycles. The van der Waals surface area contributed by atoms with E-state index in [1.54, 1.807) is 38.1 Å². The Labute approximate surface area is 381 Å². The molecule has 0 aromatic heterocycles. The molecule has 66 heavy (non-hydrogen) atoms. The first-order chi connectivity index (χ1) is 30.1. The Hall–Kier alpha value is -4.30. The number of benzene rings is 4. The van der Waals surface area contributed by atoms with Crippen LogP contribution in [0.3, 0.4) is 0 Å². The highest BCUT2D eigenvalue weighted by molar-refractivity contribution is 7.91. The maximum atomic E-state index is 13.1. The predicted molar refractivity (Wildman–Crippen MR) is 234 cm³/mol. The van der Waals surface area contributed by atoms with Crippen molar-refractivity contribution in [1.29, 1.82) is 0 Å². The Balaban J connectivity index is 0.000000247. The van der Waals surface area contributed by atoms with E-state index in [1.807, 2.05) is 9.80 Å². The second-order valence-electron chi connectivity index (χ2n) is 16.5. The van der Waals surface area contributed by atoms with Crippen LogP contribution in [-0.4, -0.2) is 129 Å². The Kier molecular flexibility index (Phi) is 14.9. The Morgan fingerprint density at radius 2 is 0.712 bits per heavy atom. The van der Waals surface area contributed by atoms with Crippen LogP contribution in [0.5, 0.6) is 0 Å². The van der Waals surface area contributed by atoms with Crippen molar-refractivity contribution in [2.75, 3.05) is 61.6 Å². The van der Waals surface area contributed by atoms with Crippen molar-refractivity contribution in [1.82, 2.24) is 8.61 Å². The number of sulfone groups is 2. The summed E-state index contributed by atoms with van der Waals surface area (Å²) in [5.41, 5.74) is -5.59. The molecule has 2 aliphatic heterocycles. The second-order valence-corrected chi connectivity index (χ2v) is 24.4. The third-order valence-corrected chi connectivity index (χ3v) is 17.9. The zero-order chi connectivity index (χ0) is 49.6. The monoisotopic (exact) mass is 1010 g/mol. The van der Waals surface area contributed by atoms with Gasteiger partial charge in [0.25, 0.3) is 0 Å². The number of nitrogens with zero attached hydrogens (tertiary/aromatic N) is 4. The van der Waals surface area contributed by atoms with Gasteiger partial charge < -0.3 is 20.0 Å². The lowest BCUT2D eigenvalue weighted by atomic mass is 9.96. The molecule has 0 radical (unpaired) electrons. The molecule has 0 amide bonds. The highest BCUT2D eigenvalue weighted by Gasteiger charge is 2.52. The van der Waals surface area contributed by atoms with Gasteiger partial charge in [0.15, 0.2) is 30.9 Å². The molecular formula is C42H50F6N4O10S4. The standard InChI is InChI=1S/2C21H25F3N2O5S2/c2*1-15-14-25(17-6-10-18(11-7-17)32(3,28)29)12-13-26(15)33(30,31)19-8-4-16(5-9-19)20(2,27)21(22,23)24/h2*4-11,15,27H,12-14H2,1-3H3/t15-,20+;15-,20-/m11/s1. The number of halogens is 6. The normalized spacial score (nSPS) is 20.5. The highest BCUT2D eigenvalue weighted by Crippen LogP contribution is 2.40. The molecule has 0 bridgehead atoms. The summed E-state index contributed by atoms with van der Waals surface area (Å²) in [5.74, 6) is 0. The van der Waals surface area contributed by atoms with Crippen LogP contribution in [-0.2, 0) is 50.9 Å². The number of hydrogen-bond donors (Lipinski definition) is 2. The van der Waals surface area contributed by atoms with E-state index >= 15 is 0 Å². The van der Waals surface area contributed by atoms with Gasteiger partial charge in [-0.1, -0.05) is 24.3 Å². The smallest absolute Gasteiger partial charge is 0.376 e. The zero-order valence-corrected chi connectivity index (χ0v) is 39.8. The lowest BCUT2D eigenvalue weighted by molar-refractivity contribution is -0.259. The van der Waals surface area contributed by atoms with Crippen molar-refractivity contribution < 1.29 is 70.2 Å². The number of hydrogen-bond acceptors (Lipinski definition) is 12. The quantitative estimate of drug-likeness (QED) is 0.190. The topological polar surface area (TPSA) is 190 Å². The van der Waals surface area contributed by atoms with Gasteiger partial charge in [-0.25, -0.2) is 33.7 Å². The molecule has 24 heteroatoms. The minimum atomic E-state index is -4.91. The third kappa shape index (κ3) is 11.2. The minimum absolute atomic E-state index is 0.138. The van der Waals surface area contributed by atoms with Crippen molar-refractivity contribution in [3.8, 4) is 0 Å². The number of aliphatic hydroxyl groups is 2. The lowest BCUT2D eigenvalue weighted by Crippen LogP contribution is -2.54. The Morgan fingerprint density at radius 1 is 0.455 bits per heavy atom. The van der Waals surface area contributed by atoms with Gasteiger partial charge in [0.05, 0.1) is 19.6 Å². The molecule has 0 saturated carbocycles. The van der Waals surface area contributed by atoms with E-state index in [2.05, 4.69) is 0 Å². The summed E-state index contributed by atoms with van der Waals surface area (Å²) in [6, 6.07) is 19.9. The van der Waals surface area contributed by atoms with Gasteiger partial charge in [-0.2, -0.15) is 35.0 Å². The molecule has 4 aromatic carbocycles. The first-order valence-electron chi connectivity index (χ1n) is 20.0. The number of alkyl halides is 6. The molecular weight excluding hydrogens is 963 g/mol. The molecule has 364 valence electrons. The van der Waals surface area contributed by atoms with Crippen LogP contribution in [0.4, 0.5) is 37.7 Å². The summed E-state index contributed by atoms with van der Waals surface area (Å²) in [4.78, 5) is 3.92. The van der Waals surface area contributed by atoms with E-state index in [4.69, 9.17) is 0 Å². The summed E-state index contributed by atoms with van der Waals surface area (Å²) >= 11 is 0. The predicted octanol–water partition coefficient (Wildman–Crippen LogP) is 5.52. The van der Waals surface area contributed by atoms with E-state index in [0.29, 0.717) is 40.0 Å². The average Bonchev–Trinajstić information content (AvgIpc) is 3.22. The van der Waals surface area contributed by atoms with Crippen LogP contribution in [0, 0.1) is 0 Å². The van der Waals surface area contributed by atoms with Crippen molar-refractivity contribution in [3.05, 3.63) is 108 Å². The second kappa shape index (κ2) is 18.7. The van der Waals surface area contributed by atoms with Gasteiger partial charge in [0, 0.05) is 75.2 Å². The molecule has 0 spiro atoms. The van der Waals surface area contributed by atoms with Crippen LogP contribution in [0.15, 0.2) is 117 Å². The van der Waals surface area contributed by atoms with Crippen molar-refractivity contribution in [2.24, 2.45) is 0 Å². The van der Waals surface area contributed by atoms with Crippen molar-refractivity contribution in [2.45, 2.75) is 82.9 Å². The SMILES string of the molecule is C[C@@H]1CN(c2ccc(S(C)(=O)=O)cc2)CCN1S(=O)(=O)c1ccc([C@@](C)(O)C(F)(F)F)cc1.C[C@@H]1CN(c2ccc(S(C)(=O)=O)cc2)CCN1S(=O)(=O)c1ccc([C@](C)(O)C(F)(F)F)cc1. The van der Waals surface area contributed by atoms with E-state index in [-0.39, 0.29) is 32.7 Å². The van der Waals surface area contributed by atoms with Gasteiger partial charge >= 0.3 is 12.4 Å². The first-order valence-corrected chi connectivity index (χ1v) is 26.7. The van der Waals surface area contributed by atoms with Gasteiger partial charge in [-0.3, -0.25) is 0 Å². The van der Waals surface area contributed by atoms with Crippen LogP contribution in [0.25, 0.3) is 0 Å². The zero-order valence-electron chi connectivity index (χ0n) is 36.5. The van der Waals surface area contributed by atoms with Crippen LogP contribution >= 0.6 is 0 Å². The van der Waals surface area contributed by atoms with Gasteiger partial charge in [-0.15, -0.1) is 0 Å². The Bertz CT molecular complexity index is 2620. The molecule has 2 aliphatic rings. The summed E-state index contributed by atoms with van der Waals surface area (Å²) in [5, 5.41) is 19.6. The number of anilines is 2. The van der Waals surface area contributed by atoms with E-state index < -0.39 is 86.5 Å². The van der Waals surface area contributed by atoms with Crippen LogP contribution in [0.2, 0.25) is 0 Å². The summed E-state index contributed by atoms with van der Waals surface area (Å²) in [6.07, 6.45) is -7.58. The average molecular weight is 1010 g/mol. The number of piperazine rings is 2. The number of rotatable bonds is 10. The molecule has 4 atom stereocenters. The Morgan fingerprint density at radius 3 is 0.939 bits per heavy atom. The largest absolute Gasteiger partial charge is 0.421 e. The maximum Gasteiger partial charge on any atom is 0.421 e. The molecule has 2 fully saturated rings. The van der Waals surface area contributed by atoms with Gasteiger partial charge in [0.1, 0.15) is 0 Å². The molecule has 2 N–H and O–H groups in total. The molecule has 4 aromatic rings. The molecule has 6 rings (SSSR count). The van der Waals surface area contributed by atoms with Crippen LogP contribution < -0.4 is 9.80 Å². The van der Waals surface area contributed by atoms with Gasteiger partial charge in [0.2, 0.25) is 20.0 Å². The van der Waals surface area contributed by atoms with Gasteiger partial charge in [-0.05, 0) is 112 Å². The molecule has 14 nitrogen and oxygen atoms in total. The van der Waals surface area contributed by atoms with E-state index in [1.165, 1.54) is 32.9 Å². The summed E-state index contributed by atoms with van der Waals surface area (Å²) in [7, 11) is -14.6. The molecule has 0 unspecified atom stereocenters. The molecule has 0 aliphatic carbocycles. The van der Waals surface area contributed by atoms with E-state index in [0.717, 1.165) is 72.4 Å². The van der Waals surface area contributed by atoms with Crippen LogP contribution in [0.1, 0.15) is 38.8 Å². The van der Waals surface area contributed by atoms with Crippen molar-refractivity contribution >= 4 is 51.1 Å². The fourth-order valence-corrected chi connectivity index (χ4v) is 11.9.